The third-order valence-electron chi connectivity index (χ3n) is 2.38. The van der Waals surface area contributed by atoms with Crippen molar-refractivity contribution in [2.24, 2.45) is 0 Å². The maximum absolute atomic E-state index is 4.01. The molecule has 0 unspecified atom stereocenters. The summed E-state index contributed by atoms with van der Waals surface area (Å²) >= 11 is 0. The second-order valence-electron chi connectivity index (χ2n) is 3.25. The number of anilines is 1. The van der Waals surface area contributed by atoms with Gasteiger partial charge >= 0.3 is 0 Å². The van der Waals surface area contributed by atoms with Gasteiger partial charge in [-0.2, -0.15) is 0 Å². The molecule has 63 valence electrons. The van der Waals surface area contributed by atoms with Crippen LogP contribution in [0, 0.1) is 0 Å². The summed E-state index contributed by atoms with van der Waals surface area (Å²) in [6, 6.07) is 4.18. The quantitative estimate of drug-likeness (QED) is 0.578. The molecule has 1 aliphatic heterocycles. The molecule has 0 aliphatic carbocycles. The van der Waals surface area contributed by atoms with Crippen LogP contribution < -0.4 is 4.90 Å². The molecule has 12 heavy (non-hydrogen) atoms. The molecule has 2 rings (SSSR count). The van der Waals surface area contributed by atoms with Gasteiger partial charge in [0.15, 0.2) is 5.69 Å². The summed E-state index contributed by atoms with van der Waals surface area (Å²) in [6.07, 6.45) is 7.79. The summed E-state index contributed by atoms with van der Waals surface area (Å²) < 4.78 is 0. The zero-order valence-corrected chi connectivity index (χ0v) is 7.24. The SMILES string of the molecule is c1cc([N+]2CCCCC2)ccn1. The minimum absolute atomic E-state index is 1.21. The molecule has 2 heterocycles. The maximum atomic E-state index is 4.01. The van der Waals surface area contributed by atoms with Gasteiger partial charge in [0.25, 0.3) is 0 Å². The molecule has 0 atom stereocenters. The number of nitrogens with zero attached hydrogens (tertiary/aromatic N) is 2. The van der Waals surface area contributed by atoms with Gasteiger partial charge in [-0.15, -0.1) is 4.90 Å². The Balaban J connectivity index is 2.08. The molecule has 1 aromatic heterocycles. The van der Waals surface area contributed by atoms with Crippen molar-refractivity contribution in [3.63, 3.8) is 0 Å². The second kappa shape index (κ2) is 3.68. The van der Waals surface area contributed by atoms with Crippen LogP contribution in [-0.2, 0) is 0 Å². The molecule has 1 radical (unpaired) electrons. The average molecular weight is 162 g/mol. The molecule has 1 aliphatic rings. The van der Waals surface area contributed by atoms with Gasteiger partial charge in [-0.25, -0.2) is 0 Å². The lowest BCUT2D eigenvalue weighted by atomic mass is 10.1. The van der Waals surface area contributed by atoms with Gasteiger partial charge in [-0.05, 0) is 6.42 Å². The van der Waals surface area contributed by atoms with Gasteiger partial charge in [-0.3, -0.25) is 4.98 Å². The van der Waals surface area contributed by atoms with Crippen molar-refractivity contribution in [2.75, 3.05) is 13.1 Å². The highest BCUT2D eigenvalue weighted by Gasteiger charge is 2.20. The Bertz CT molecular complexity index is 227. The van der Waals surface area contributed by atoms with E-state index in [0.717, 1.165) is 0 Å². The Morgan fingerprint density at radius 3 is 2.33 bits per heavy atom. The minimum Gasteiger partial charge on any atom is -0.264 e. The van der Waals surface area contributed by atoms with Crippen molar-refractivity contribution in [3.8, 4) is 0 Å². The van der Waals surface area contributed by atoms with Gasteiger partial charge in [0.2, 0.25) is 0 Å². The predicted octanol–water partition coefficient (Wildman–Crippen LogP) is 2.04. The van der Waals surface area contributed by atoms with E-state index in [4.69, 9.17) is 0 Å². The number of hydrogen-bond acceptors (Lipinski definition) is 2. The fraction of sp³-hybridized carbons (Fsp3) is 0.500. The second-order valence-corrected chi connectivity index (χ2v) is 3.25. The first-order valence-electron chi connectivity index (χ1n) is 4.62. The standard InChI is InChI=1S/C10H14N2/c1-2-8-12(9-3-1)10-4-6-11-7-5-10/h4-7H,1-3,8-9H2/q+1. The summed E-state index contributed by atoms with van der Waals surface area (Å²) in [5.74, 6) is 0. The Morgan fingerprint density at radius 2 is 1.67 bits per heavy atom. The Hall–Kier alpha value is -0.890. The van der Waals surface area contributed by atoms with Crippen molar-refractivity contribution in [2.45, 2.75) is 19.3 Å². The van der Waals surface area contributed by atoms with Crippen molar-refractivity contribution in [3.05, 3.63) is 24.5 Å². The predicted molar refractivity (Wildman–Crippen MR) is 49.6 cm³/mol. The van der Waals surface area contributed by atoms with Crippen LogP contribution in [0.2, 0.25) is 0 Å². The van der Waals surface area contributed by atoms with Crippen LogP contribution in [-0.4, -0.2) is 18.1 Å². The molecule has 0 spiro atoms. The minimum atomic E-state index is 1.21. The van der Waals surface area contributed by atoms with Crippen LogP contribution >= 0.6 is 0 Å². The highest BCUT2D eigenvalue weighted by atomic mass is 15.1. The van der Waals surface area contributed by atoms with E-state index >= 15 is 0 Å². The van der Waals surface area contributed by atoms with Crippen LogP contribution in [0.4, 0.5) is 5.69 Å². The summed E-state index contributed by atoms with van der Waals surface area (Å²) in [5.41, 5.74) is 1.32. The third-order valence-corrected chi connectivity index (χ3v) is 2.38. The summed E-state index contributed by atoms with van der Waals surface area (Å²) in [5, 5.41) is 0. The van der Waals surface area contributed by atoms with E-state index < -0.39 is 0 Å². The Morgan fingerprint density at radius 1 is 1.00 bits per heavy atom. The zero-order chi connectivity index (χ0) is 8.23. The van der Waals surface area contributed by atoms with Crippen LogP contribution in [0.15, 0.2) is 24.5 Å². The summed E-state index contributed by atoms with van der Waals surface area (Å²) in [7, 11) is 0. The van der Waals surface area contributed by atoms with E-state index in [-0.39, 0.29) is 0 Å². The van der Waals surface area contributed by atoms with Gasteiger partial charge in [0.05, 0.1) is 0 Å². The van der Waals surface area contributed by atoms with E-state index in [2.05, 4.69) is 22.0 Å². The van der Waals surface area contributed by atoms with Gasteiger partial charge in [0, 0.05) is 37.4 Å². The molecular formula is C10H14N2+. The van der Waals surface area contributed by atoms with E-state index in [0.29, 0.717) is 0 Å². The van der Waals surface area contributed by atoms with Gasteiger partial charge in [0.1, 0.15) is 13.1 Å². The van der Waals surface area contributed by atoms with Crippen LogP contribution in [0.5, 0.6) is 0 Å². The normalized spacial score (nSPS) is 19.3. The zero-order valence-electron chi connectivity index (χ0n) is 7.24. The molecule has 0 saturated carbocycles. The van der Waals surface area contributed by atoms with Crippen molar-refractivity contribution < 1.29 is 0 Å². The Labute approximate surface area is 73.2 Å². The monoisotopic (exact) mass is 162 g/mol. The first-order chi connectivity index (χ1) is 5.97. The number of piperidine rings is 1. The van der Waals surface area contributed by atoms with E-state index in [1.54, 1.807) is 0 Å². The first-order valence-corrected chi connectivity index (χ1v) is 4.62. The molecular weight excluding hydrogens is 148 g/mol. The van der Waals surface area contributed by atoms with Crippen LogP contribution in [0.25, 0.3) is 0 Å². The van der Waals surface area contributed by atoms with E-state index in [1.165, 1.54) is 38.0 Å². The third kappa shape index (κ3) is 1.64. The largest absolute Gasteiger partial charge is 0.264 e. The number of pyridine rings is 1. The lowest BCUT2D eigenvalue weighted by Gasteiger charge is -2.15. The number of aromatic nitrogens is 1. The molecule has 1 aromatic rings. The lowest BCUT2D eigenvalue weighted by Crippen LogP contribution is -2.30. The van der Waals surface area contributed by atoms with Crippen LogP contribution in [0.1, 0.15) is 19.3 Å². The molecule has 0 aromatic carbocycles. The van der Waals surface area contributed by atoms with E-state index in [9.17, 15) is 0 Å². The van der Waals surface area contributed by atoms with E-state index in [1.807, 2.05) is 12.4 Å². The Kier molecular flexibility index (Phi) is 2.37. The molecule has 0 bridgehead atoms. The van der Waals surface area contributed by atoms with Crippen LogP contribution in [0.3, 0.4) is 0 Å². The molecule has 2 nitrogen and oxygen atoms in total. The first kappa shape index (κ1) is 7.74. The lowest BCUT2D eigenvalue weighted by molar-refractivity contribution is 0.424. The maximum Gasteiger partial charge on any atom is 0.183 e. The number of rotatable bonds is 1. The fourth-order valence-electron chi connectivity index (χ4n) is 1.71. The molecule has 2 heteroatoms. The van der Waals surface area contributed by atoms with Crippen molar-refractivity contribution in [1.29, 1.82) is 0 Å². The summed E-state index contributed by atoms with van der Waals surface area (Å²) in [4.78, 5) is 6.45. The smallest absolute Gasteiger partial charge is 0.183 e. The molecule has 1 saturated heterocycles. The topological polar surface area (TPSA) is 18.8 Å². The van der Waals surface area contributed by atoms with Gasteiger partial charge < -0.3 is 0 Å². The van der Waals surface area contributed by atoms with Gasteiger partial charge in [-0.1, -0.05) is 0 Å². The molecule has 0 N–H and O–H groups in total. The average Bonchev–Trinajstić information content (AvgIpc) is 2.21. The molecule has 1 fully saturated rings. The van der Waals surface area contributed by atoms with Crippen molar-refractivity contribution >= 4 is 5.69 Å². The fourth-order valence-corrected chi connectivity index (χ4v) is 1.71. The number of hydrogen-bond donors (Lipinski definition) is 0. The highest BCUT2D eigenvalue weighted by molar-refractivity contribution is 5.36. The highest BCUT2D eigenvalue weighted by Crippen LogP contribution is 2.17. The molecule has 0 amide bonds. The van der Waals surface area contributed by atoms with Crippen molar-refractivity contribution in [1.82, 2.24) is 9.88 Å². The summed E-state index contributed by atoms with van der Waals surface area (Å²) in [6.45, 7) is 2.42.